The summed E-state index contributed by atoms with van der Waals surface area (Å²) in [6.45, 7) is 7.36. The number of carbonyl (C=O) groups is 1. The van der Waals surface area contributed by atoms with E-state index in [1.807, 2.05) is 39.0 Å². The Labute approximate surface area is 126 Å². The second-order valence-corrected chi connectivity index (χ2v) is 6.33. The Kier molecular flexibility index (Phi) is 8.38. The number of hydrogen-bond donors (Lipinski definition) is 1. The van der Waals surface area contributed by atoms with E-state index in [1.165, 1.54) is 5.56 Å². The fourth-order valence-corrected chi connectivity index (χ4v) is 2.49. The van der Waals surface area contributed by atoms with Crippen LogP contribution in [-0.2, 0) is 15.3 Å². The van der Waals surface area contributed by atoms with Crippen molar-refractivity contribution >= 4 is 17.7 Å². The monoisotopic (exact) mass is 295 g/mol. The molecular formula is C16H25NO2S. The van der Waals surface area contributed by atoms with Crippen LogP contribution >= 0.6 is 11.8 Å². The summed E-state index contributed by atoms with van der Waals surface area (Å²) in [4.78, 5) is 11.9. The molecule has 0 saturated heterocycles. The third-order valence-corrected chi connectivity index (χ3v) is 4.00. The smallest absolute Gasteiger partial charge is 0.232 e. The number of amides is 1. The summed E-state index contributed by atoms with van der Waals surface area (Å²) in [5.41, 5.74) is 1.25. The molecule has 112 valence electrons. The van der Waals surface area contributed by atoms with Crippen LogP contribution < -0.4 is 5.32 Å². The minimum absolute atomic E-state index is 0.0266. The first-order valence-corrected chi connectivity index (χ1v) is 8.19. The van der Waals surface area contributed by atoms with Gasteiger partial charge in [-0.3, -0.25) is 4.79 Å². The zero-order valence-corrected chi connectivity index (χ0v) is 13.4. The molecule has 0 aliphatic rings. The number of benzene rings is 1. The fourth-order valence-electron chi connectivity index (χ4n) is 1.62. The topological polar surface area (TPSA) is 38.3 Å². The standard InChI is InChI=1S/C16H25NO2S/c1-13(2)19-11-7-10-17-16(18)14(3)20-12-15-8-5-4-6-9-15/h4-6,8-9,13-14H,7,10-12H2,1-3H3,(H,17,18)/t14-/m1/s1. The van der Waals surface area contributed by atoms with Gasteiger partial charge in [0.25, 0.3) is 0 Å². The first-order chi connectivity index (χ1) is 9.59. The third-order valence-electron chi connectivity index (χ3n) is 2.78. The van der Waals surface area contributed by atoms with Crippen LogP contribution in [0.1, 0.15) is 32.8 Å². The molecule has 3 nitrogen and oxygen atoms in total. The number of hydrogen-bond acceptors (Lipinski definition) is 3. The molecule has 0 heterocycles. The van der Waals surface area contributed by atoms with Crippen molar-refractivity contribution in [1.29, 1.82) is 0 Å². The van der Waals surface area contributed by atoms with Gasteiger partial charge < -0.3 is 10.1 Å². The molecule has 0 unspecified atom stereocenters. The Bertz CT molecular complexity index is 381. The Hall–Kier alpha value is -1.00. The number of carbonyl (C=O) groups excluding carboxylic acids is 1. The van der Waals surface area contributed by atoms with Crippen LogP contribution in [-0.4, -0.2) is 30.4 Å². The normalized spacial score (nSPS) is 12.4. The largest absolute Gasteiger partial charge is 0.379 e. The first kappa shape index (κ1) is 17.1. The molecule has 0 saturated carbocycles. The van der Waals surface area contributed by atoms with Crippen LogP contribution in [0.2, 0.25) is 0 Å². The average molecular weight is 295 g/mol. The van der Waals surface area contributed by atoms with Gasteiger partial charge in [0, 0.05) is 18.9 Å². The molecule has 0 fully saturated rings. The summed E-state index contributed by atoms with van der Waals surface area (Å²) in [7, 11) is 0. The minimum Gasteiger partial charge on any atom is -0.379 e. The van der Waals surface area contributed by atoms with Crippen LogP contribution in [0.25, 0.3) is 0 Å². The lowest BCUT2D eigenvalue weighted by Crippen LogP contribution is -2.32. The zero-order chi connectivity index (χ0) is 14.8. The molecule has 0 bridgehead atoms. The van der Waals surface area contributed by atoms with Crippen molar-refractivity contribution in [2.75, 3.05) is 13.2 Å². The summed E-state index contributed by atoms with van der Waals surface area (Å²) in [6, 6.07) is 10.2. The molecule has 1 N–H and O–H groups in total. The van der Waals surface area contributed by atoms with E-state index in [1.54, 1.807) is 11.8 Å². The van der Waals surface area contributed by atoms with Crippen molar-refractivity contribution in [3.8, 4) is 0 Å². The Morgan fingerprint density at radius 2 is 1.95 bits per heavy atom. The SMILES string of the molecule is CC(C)OCCCNC(=O)[C@@H](C)SCc1ccccc1. The Balaban J connectivity index is 2.13. The number of nitrogens with one attached hydrogen (secondary N) is 1. The molecular weight excluding hydrogens is 270 g/mol. The highest BCUT2D eigenvalue weighted by molar-refractivity contribution is 7.99. The van der Waals surface area contributed by atoms with Crippen molar-refractivity contribution in [1.82, 2.24) is 5.32 Å². The van der Waals surface area contributed by atoms with Gasteiger partial charge in [-0.1, -0.05) is 30.3 Å². The number of thioether (sulfide) groups is 1. The maximum absolute atomic E-state index is 11.9. The van der Waals surface area contributed by atoms with Crippen LogP contribution in [0, 0.1) is 0 Å². The number of ether oxygens (including phenoxy) is 1. The van der Waals surface area contributed by atoms with Crippen molar-refractivity contribution in [2.45, 2.75) is 44.3 Å². The lowest BCUT2D eigenvalue weighted by molar-refractivity contribution is -0.120. The lowest BCUT2D eigenvalue weighted by atomic mass is 10.2. The highest BCUT2D eigenvalue weighted by atomic mass is 32.2. The molecule has 0 aromatic heterocycles. The van der Waals surface area contributed by atoms with Gasteiger partial charge in [-0.05, 0) is 32.8 Å². The van der Waals surface area contributed by atoms with E-state index in [0.29, 0.717) is 13.2 Å². The lowest BCUT2D eigenvalue weighted by Gasteiger charge is -2.12. The summed E-state index contributed by atoms with van der Waals surface area (Å²) in [5, 5.41) is 2.93. The fraction of sp³-hybridized carbons (Fsp3) is 0.562. The van der Waals surface area contributed by atoms with Crippen molar-refractivity contribution < 1.29 is 9.53 Å². The van der Waals surface area contributed by atoms with Gasteiger partial charge >= 0.3 is 0 Å². The molecule has 1 amide bonds. The van der Waals surface area contributed by atoms with Crippen LogP contribution in [0.3, 0.4) is 0 Å². The zero-order valence-electron chi connectivity index (χ0n) is 12.6. The Morgan fingerprint density at radius 1 is 1.25 bits per heavy atom. The van der Waals surface area contributed by atoms with Gasteiger partial charge in [-0.15, -0.1) is 11.8 Å². The second-order valence-electron chi connectivity index (χ2n) is 5.00. The van der Waals surface area contributed by atoms with Crippen molar-refractivity contribution in [3.05, 3.63) is 35.9 Å². The van der Waals surface area contributed by atoms with E-state index in [2.05, 4.69) is 17.4 Å². The Morgan fingerprint density at radius 3 is 2.60 bits per heavy atom. The van der Waals surface area contributed by atoms with E-state index in [4.69, 9.17) is 4.74 Å². The van der Waals surface area contributed by atoms with Crippen LogP contribution in [0.4, 0.5) is 0 Å². The molecule has 4 heteroatoms. The predicted molar refractivity (Wildman–Crippen MR) is 85.9 cm³/mol. The molecule has 0 spiro atoms. The van der Waals surface area contributed by atoms with Gasteiger partial charge in [-0.2, -0.15) is 0 Å². The summed E-state index contributed by atoms with van der Waals surface area (Å²) in [6.07, 6.45) is 1.12. The summed E-state index contributed by atoms with van der Waals surface area (Å²) < 4.78 is 5.43. The van der Waals surface area contributed by atoms with Gasteiger partial charge in [0.1, 0.15) is 0 Å². The second kappa shape index (κ2) is 9.83. The van der Waals surface area contributed by atoms with E-state index in [9.17, 15) is 4.79 Å². The molecule has 1 aromatic rings. The molecule has 1 rings (SSSR count). The van der Waals surface area contributed by atoms with Crippen LogP contribution in [0.15, 0.2) is 30.3 Å². The van der Waals surface area contributed by atoms with E-state index < -0.39 is 0 Å². The molecule has 0 aliphatic heterocycles. The predicted octanol–water partition coefficient (Wildman–Crippen LogP) is 3.24. The van der Waals surface area contributed by atoms with Gasteiger partial charge in [0.05, 0.1) is 11.4 Å². The highest BCUT2D eigenvalue weighted by Crippen LogP contribution is 2.17. The van der Waals surface area contributed by atoms with Crippen LogP contribution in [0.5, 0.6) is 0 Å². The van der Waals surface area contributed by atoms with E-state index >= 15 is 0 Å². The number of rotatable bonds is 9. The maximum atomic E-state index is 11.9. The molecule has 1 aromatic carbocycles. The molecule has 0 aliphatic carbocycles. The quantitative estimate of drug-likeness (QED) is 0.711. The summed E-state index contributed by atoms with van der Waals surface area (Å²) in [5.74, 6) is 0.974. The summed E-state index contributed by atoms with van der Waals surface area (Å²) >= 11 is 1.66. The van der Waals surface area contributed by atoms with Crippen molar-refractivity contribution in [2.24, 2.45) is 0 Å². The van der Waals surface area contributed by atoms with Crippen molar-refractivity contribution in [3.63, 3.8) is 0 Å². The van der Waals surface area contributed by atoms with E-state index in [0.717, 1.165) is 12.2 Å². The first-order valence-electron chi connectivity index (χ1n) is 7.14. The molecule has 1 atom stereocenters. The van der Waals surface area contributed by atoms with Gasteiger partial charge in [0.2, 0.25) is 5.91 Å². The third kappa shape index (κ3) is 7.56. The minimum atomic E-state index is -0.0266. The maximum Gasteiger partial charge on any atom is 0.232 e. The molecule has 0 radical (unpaired) electrons. The van der Waals surface area contributed by atoms with Gasteiger partial charge in [-0.25, -0.2) is 0 Å². The average Bonchev–Trinajstić information content (AvgIpc) is 2.45. The highest BCUT2D eigenvalue weighted by Gasteiger charge is 2.12. The molecule has 20 heavy (non-hydrogen) atoms. The van der Waals surface area contributed by atoms with Gasteiger partial charge in [0.15, 0.2) is 0 Å². The van der Waals surface area contributed by atoms with E-state index in [-0.39, 0.29) is 17.3 Å².